The molecule has 10 atom stereocenters. The molecular formula is C36H61BrN2O5. The molecule has 7 nitrogen and oxygen atoms in total. The topological polar surface area (TPSA) is 65.1 Å². The van der Waals surface area contributed by atoms with Gasteiger partial charge in [0.2, 0.25) is 0 Å². The van der Waals surface area contributed by atoms with E-state index in [0.29, 0.717) is 36.1 Å². The summed E-state index contributed by atoms with van der Waals surface area (Å²) in [6.07, 6.45) is 13.6. The number of esters is 2. The number of hydrogen-bond donors (Lipinski definition) is 0. The number of ether oxygens (including phenoxy) is 3. The number of piperidine rings is 1. The van der Waals surface area contributed by atoms with Gasteiger partial charge in [-0.15, -0.1) is 0 Å². The number of nitrogens with zero attached hydrogens (tertiary/aromatic N) is 2. The molecule has 0 amide bonds. The zero-order valence-corrected chi connectivity index (χ0v) is 30.0. The highest BCUT2D eigenvalue weighted by Gasteiger charge is 2.67. The van der Waals surface area contributed by atoms with E-state index >= 15 is 0 Å². The Bertz CT molecular complexity index is 1010. The normalized spacial score (nSPS) is 43.5. The Balaban J connectivity index is 0.00000384. The van der Waals surface area contributed by atoms with Crippen LogP contribution in [0.2, 0.25) is 0 Å². The summed E-state index contributed by atoms with van der Waals surface area (Å²) < 4.78 is 19.6. The van der Waals surface area contributed by atoms with Crippen LogP contribution in [0.1, 0.15) is 112 Å². The van der Waals surface area contributed by atoms with Crippen LogP contribution >= 0.6 is 0 Å². The van der Waals surface area contributed by atoms with Gasteiger partial charge in [0.1, 0.15) is 12.1 Å². The monoisotopic (exact) mass is 680 g/mol. The molecule has 0 radical (unpaired) electrons. The van der Waals surface area contributed by atoms with Crippen molar-refractivity contribution >= 4 is 11.9 Å². The Morgan fingerprint density at radius 2 is 1.66 bits per heavy atom. The number of quaternary nitrogens is 1. The van der Waals surface area contributed by atoms with E-state index in [1.807, 2.05) is 0 Å². The quantitative estimate of drug-likeness (QED) is 0.305. The Morgan fingerprint density at radius 3 is 2.32 bits per heavy atom. The maximum Gasteiger partial charge on any atom is 0.306 e. The van der Waals surface area contributed by atoms with Gasteiger partial charge >= 0.3 is 11.9 Å². The molecule has 0 aromatic heterocycles. The highest BCUT2D eigenvalue weighted by atomic mass is 79.9. The summed E-state index contributed by atoms with van der Waals surface area (Å²) in [4.78, 5) is 28.0. The van der Waals surface area contributed by atoms with Crippen LogP contribution in [-0.2, 0) is 23.8 Å². The summed E-state index contributed by atoms with van der Waals surface area (Å²) in [5, 5.41) is 0. The van der Waals surface area contributed by atoms with Crippen molar-refractivity contribution in [3.63, 3.8) is 0 Å². The first-order chi connectivity index (χ1) is 20.6. The average molecular weight is 682 g/mol. The molecule has 6 fully saturated rings. The van der Waals surface area contributed by atoms with Crippen LogP contribution in [-0.4, -0.2) is 91.6 Å². The lowest BCUT2D eigenvalue weighted by Crippen LogP contribution is -3.00. The van der Waals surface area contributed by atoms with Gasteiger partial charge in [0.15, 0.2) is 6.10 Å². The number of likely N-dealkylation sites (tertiary alicyclic amines) is 1. The van der Waals surface area contributed by atoms with Crippen molar-refractivity contribution in [2.75, 3.05) is 45.9 Å². The first-order valence-electron chi connectivity index (χ1n) is 18.2. The Labute approximate surface area is 277 Å². The molecule has 6 rings (SSSR count). The van der Waals surface area contributed by atoms with Crippen LogP contribution in [0.15, 0.2) is 0 Å². The van der Waals surface area contributed by atoms with E-state index in [1.54, 1.807) is 6.92 Å². The molecule has 0 bridgehead atoms. The van der Waals surface area contributed by atoms with Crippen molar-refractivity contribution in [3.8, 4) is 0 Å². The number of morpholine rings is 1. The molecule has 2 saturated heterocycles. The average Bonchev–Trinajstić information content (AvgIpc) is 3.30. The minimum Gasteiger partial charge on any atom is -1.00 e. The second kappa shape index (κ2) is 13.8. The van der Waals surface area contributed by atoms with Crippen molar-refractivity contribution in [1.82, 2.24) is 4.90 Å². The highest BCUT2D eigenvalue weighted by molar-refractivity contribution is 5.69. The third-order valence-corrected chi connectivity index (χ3v) is 14.2. The largest absolute Gasteiger partial charge is 1.00 e. The Morgan fingerprint density at radius 1 is 0.932 bits per heavy atom. The van der Waals surface area contributed by atoms with Gasteiger partial charge in [-0.2, -0.15) is 0 Å². The predicted octanol–water partition coefficient (Wildman–Crippen LogP) is 2.99. The number of halogens is 1. The summed E-state index contributed by atoms with van der Waals surface area (Å²) in [6, 6.07) is 0.716. The van der Waals surface area contributed by atoms with Crippen LogP contribution in [0.4, 0.5) is 0 Å². The number of carbonyl (C=O) groups is 2. The lowest BCUT2D eigenvalue weighted by molar-refractivity contribution is -0.956. The molecule has 2 aliphatic heterocycles. The van der Waals surface area contributed by atoms with Gasteiger partial charge in [0.25, 0.3) is 0 Å². The second-order valence-electron chi connectivity index (χ2n) is 16.0. The number of hydrogen-bond acceptors (Lipinski definition) is 6. The fraction of sp³-hybridized carbons (Fsp3) is 0.944. The van der Waals surface area contributed by atoms with Crippen molar-refractivity contribution in [2.24, 2.45) is 34.5 Å². The van der Waals surface area contributed by atoms with E-state index in [1.165, 1.54) is 64.5 Å². The van der Waals surface area contributed by atoms with Gasteiger partial charge in [-0.3, -0.25) is 14.5 Å². The van der Waals surface area contributed by atoms with Crippen molar-refractivity contribution in [2.45, 2.75) is 136 Å². The summed E-state index contributed by atoms with van der Waals surface area (Å²) in [5.74, 6) is 2.49. The number of likely N-dealkylation sites (N-methyl/N-ethyl adjacent to an activating group) is 1. The van der Waals surface area contributed by atoms with Gasteiger partial charge < -0.3 is 35.7 Å². The van der Waals surface area contributed by atoms with Crippen LogP contribution < -0.4 is 17.0 Å². The number of carbonyl (C=O) groups excluding carboxylic acids is 2. The van der Waals surface area contributed by atoms with Gasteiger partial charge in [-0.05, 0) is 100 Å². The van der Waals surface area contributed by atoms with E-state index in [0.717, 1.165) is 56.6 Å². The number of fused-ring (bicyclic) bond motifs is 5. The molecule has 4 aliphatic carbocycles. The maximum absolute atomic E-state index is 13.2. The third kappa shape index (κ3) is 6.05. The Hall–Kier alpha value is -0.700. The lowest BCUT2D eigenvalue weighted by Gasteiger charge is -2.62. The van der Waals surface area contributed by atoms with E-state index < -0.39 is 0 Å². The minimum absolute atomic E-state index is 0. The van der Waals surface area contributed by atoms with Crippen LogP contribution in [0, 0.1) is 34.5 Å². The van der Waals surface area contributed by atoms with Crippen LogP contribution in [0.3, 0.4) is 0 Å². The first kappa shape index (κ1) is 34.6. The minimum atomic E-state index is -0.139. The van der Waals surface area contributed by atoms with Gasteiger partial charge in [0.05, 0.1) is 32.8 Å². The zero-order valence-electron chi connectivity index (χ0n) is 28.4. The summed E-state index contributed by atoms with van der Waals surface area (Å²) >= 11 is 0. The first-order valence-corrected chi connectivity index (χ1v) is 18.2. The maximum atomic E-state index is 13.2. The van der Waals surface area contributed by atoms with Gasteiger partial charge in [-0.25, -0.2) is 0 Å². The molecule has 6 aliphatic rings. The molecular weight excluding hydrogens is 620 g/mol. The van der Waals surface area contributed by atoms with E-state index in [-0.39, 0.29) is 58.0 Å². The Kier molecular flexibility index (Phi) is 10.9. The van der Waals surface area contributed by atoms with Gasteiger partial charge in [0, 0.05) is 44.3 Å². The fourth-order valence-electron chi connectivity index (χ4n) is 12.0. The fourth-order valence-corrected chi connectivity index (χ4v) is 12.0. The SMILES string of the molecule is CCCC(=O)O[C@H]1[C@@H]([N+]2(CC)CCCCC2)C[C@H]2[C@@H]3CC[C@H]4C[C@H](OC(C)=O)[C@@H](N5CCOCC5)C[C@]4(C)[C@H]3CC[C@@]21C.[Br-]. The summed E-state index contributed by atoms with van der Waals surface area (Å²) in [7, 11) is 0. The lowest BCUT2D eigenvalue weighted by atomic mass is 9.44. The zero-order chi connectivity index (χ0) is 30.4. The molecule has 44 heavy (non-hydrogen) atoms. The molecule has 0 unspecified atom stereocenters. The van der Waals surface area contributed by atoms with Crippen molar-refractivity contribution in [1.29, 1.82) is 0 Å². The van der Waals surface area contributed by atoms with E-state index in [4.69, 9.17) is 14.2 Å². The van der Waals surface area contributed by atoms with Gasteiger partial charge in [-0.1, -0.05) is 20.8 Å². The summed E-state index contributed by atoms with van der Waals surface area (Å²) in [5.41, 5.74) is 0.313. The molecule has 252 valence electrons. The summed E-state index contributed by atoms with van der Waals surface area (Å²) in [6.45, 7) is 18.3. The molecule has 0 spiro atoms. The smallest absolute Gasteiger partial charge is 0.306 e. The molecule has 2 heterocycles. The predicted molar refractivity (Wildman–Crippen MR) is 167 cm³/mol. The van der Waals surface area contributed by atoms with E-state index in [2.05, 4.69) is 32.6 Å². The third-order valence-electron chi connectivity index (χ3n) is 14.2. The molecule has 8 heteroatoms. The molecule has 0 aromatic rings. The van der Waals surface area contributed by atoms with Crippen LogP contribution in [0.25, 0.3) is 0 Å². The molecule has 0 N–H and O–H groups in total. The highest BCUT2D eigenvalue weighted by Crippen LogP contribution is 2.67. The van der Waals surface area contributed by atoms with E-state index in [9.17, 15) is 9.59 Å². The second-order valence-corrected chi connectivity index (χ2v) is 16.0. The molecule has 0 aromatic carbocycles. The molecule has 4 saturated carbocycles. The number of rotatable bonds is 7. The van der Waals surface area contributed by atoms with Crippen LogP contribution in [0.5, 0.6) is 0 Å². The van der Waals surface area contributed by atoms with Crippen molar-refractivity contribution < 1.29 is 45.3 Å². The standard InChI is InChI=1S/C36H61N2O5.BrH/c1-6-11-33(40)43-34-31(38(7-2)18-9-8-10-19-38)23-29-27-13-12-26-22-32(42-25(3)39)30(37-16-20-41-21-17-37)24-36(26,5)28(27)14-15-35(29,34)4;/h26-32,34H,6-24H2,1-5H3;1H/q+1;/p-1/t26-,27+,28-,29-,30-,31-,32-,34-,35-,36-;/m0./s1. The van der Waals surface area contributed by atoms with Crippen molar-refractivity contribution in [3.05, 3.63) is 0 Å².